The Morgan fingerprint density at radius 2 is 1.78 bits per heavy atom. The molecule has 16 heteroatoms. The number of aliphatic hydroxyl groups is 6. The summed E-state index contributed by atoms with van der Waals surface area (Å²) in [4.78, 5) is 32.1. The summed E-state index contributed by atoms with van der Waals surface area (Å²) >= 11 is 0. The van der Waals surface area contributed by atoms with Crippen LogP contribution >= 0.6 is 0 Å². The molecule has 4 saturated carbocycles. The third-order valence-electron chi connectivity index (χ3n) is 13.6. The molecule has 0 spiro atoms. The van der Waals surface area contributed by atoms with E-state index in [4.69, 9.17) is 25.7 Å². The van der Waals surface area contributed by atoms with E-state index in [1.807, 2.05) is 0 Å². The Morgan fingerprint density at radius 1 is 1.02 bits per heavy atom. The lowest BCUT2D eigenvalue weighted by Crippen LogP contribution is -2.94. The number of carbonyl (C=O) groups excluding carboxylic acids is 2. The predicted molar refractivity (Wildman–Crippen MR) is 179 cm³/mol. The summed E-state index contributed by atoms with van der Waals surface area (Å²) in [6, 6.07) is -0.205. The lowest BCUT2D eigenvalue weighted by atomic mass is 9.50. The minimum Gasteiger partial charge on any atom is -0.396 e. The molecule has 0 amide bonds. The van der Waals surface area contributed by atoms with Crippen molar-refractivity contribution in [2.45, 2.75) is 119 Å². The SMILES string of the molecule is C[NH+]=C(N)N[C@H]1CCCC2CC3C(=O)C4C(CO)C(OC)CC(O[C@H]5O[C@H](CO)[C@](O)(CCC6CC[NH2+]C(N)C6)[C@H](O)[C@H]5O)C4C(=O)C3C(O)C21. The van der Waals surface area contributed by atoms with Crippen molar-refractivity contribution in [2.24, 2.45) is 58.8 Å². The number of nitrogens with one attached hydrogen (secondary N) is 2. The number of aliphatic hydroxyl groups excluding tert-OH is 5. The van der Waals surface area contributed by atoms with Gasteiger partial charge in [-0.05, 0) is 56.8 Å². The molecule has 6 aliphatic rings. The van der Waals surface area contributed by atoms with Crippen LogP contribution in [-0.4, -0.2) is 143 Å². The van der Waals surface area contributed by atoms with Gasteiger partial charge in [0, 0.05) is 50.2 Å². The Hall–Kier alpha value is -1.83. The largest absolute Gasteiger partial charge is 0.396 e. The number of ether oxygens (including phenoxy) is 3. The van der Waals surface area contributed by atoms with Gasteiger partial charge in [-0.25, -0.2) is 0 Å². The Bertz CT molecular complexity index is 1270. The summed E-state index contributed by atoms with van der Waals surface area (Å²) in [7, 11) is 3.14. The van der Waals surface area contributed by atoms with Crippen LogP contribution in [0.3, 0.4) is 0 Å². The number of hydrogen-bond acceptors (Lipinski definition) is 12. The molecule has 2 aliphatic heterocycles. The quantitative estimate of drug-likeness (QED) is 0.0781. The number of ketones is 2. The molecular formula is C35H61N5O11+2. The van der Waals surface area contributed by atoms with Crippen molar-refractivity contribution >= 4 is 17.5 Å². The highest BCUT2D eigenvalue weighted by Gasteiger charge is 2.65. The van der Waals surface area contributed by atoms with Crippen LogP contribution in [0.25, 0.3) is 0 Å². The average Bonchev–Trinajstić information content (AvgIpc) is 3.12. The first-order chi connectivity index (χ1) is 24.4. The maximum absolute atomic E-state index is 14.7. The van der Waals surface area contributed by atoms with Crippen LogP contribution in [0.15, 0.2) is 0 Å². The van der Waals surface area contributed by atoms with Crippen molar-refractivity contribution in [3.8, 4) is 0 Å². The van der Waals surface area contributed by atoms with Gasteiger partial charge in [0.05, 0.1) is 56.4 Å². The number of methoxy groups -OCH3 is 1. The summed E-state index contributed by atoms with van der Waals surface area (Å²) in [6.07, 6.45) is -4.32. The van der Waals surface area contributed by atoms with Gasteiger partial charge in [-0.1, -0.05) is 0 Å². The van der Waals surface area contributed by atoms with Crippen LogP contribution in [0.2, 0.25) is 0 Å². The summed E-state index contributed by atoms with van der Waals surface area (Å²) in [5.74, 6) is -4.90. The van der Waals surface area contributed by atoms with Gasteiger partial charge in [0.15, 0.2) is 6.29 Å². The summed E-state index contributed by atoms with van der Waals surface area (Å²) in [5.41, 5.74) is 10.2. The maximum Gasteiger partial charge on any atom is 0.341 e. The maximum atomic E-state index is 14.7. The third-order valence-corrected chi connectivity index (χ3v) is 13.6. The van der Waals surface area contributed by atoms with E-state index in [0.29, 0.717) is 18.8 Å². The van der Waals surface area contributed by atoms with Gasteiger partial charge in [0.2, 0.25) is 0 Å². The fraction of sp³-hybridized carbons (Fsp3) is 0.914. The zero-order valence-electron chi connectivity index (χ0n) is 29.8. The normalized spacial score (nSPS) is 49.1. The van der Waals surface area contributed by atoms with Gasteiger partial charge in [0.25, 0.3) is 0 Å². The number of guanidine groups is 1. The van der Waals surface area contributed by atoms with Crippen molar-refractivity contribution in [3.63, 3.8) is 0 Å². The molecule has 0 radical (unpaired) electrons. The summed E-state index contributed by atoms with van der Waals surface area (Å²) in [5, 5.41) is 72.5. The number of piperidine rings is 1. The van der Waals surface area contributed by atoms with Crippen LogP contribution in [-0.2, 0) is 23.8 Å². The Labute approximate surface area is 298 Å². The number of Topliss-reactive ketones (excluding diaryl/α,β-unsaturated/α-hetero) is 2. The number of carbonyl (C=O) groups is 2. The standard InChI is InChI=1S/C35H59N5O11/c1-38-34(37)40-19-5-3-4-16-11-17-26(29(44)24(16)19)30(45)27-21(12-20(49-2)18(13-41)25(27)28(17)43)50-33-31(46)32(47)35(48,22(14-42)51-33)8-6-15-7-9-39-23(36)10-15/h15-27,29,31-33,39,41-42,44,46-48H,3-14,36H2,1-2H3,(H3,37,38,40)/p+2/t15?,16?,17?,18?,19-,20?,21?,22+,23?,24?,25?,26?,27?,29?,31+,32+,33-,35+/m0/s1. The molecule has 4 aliphatic carbocycles. The third kappa shape index (κ3) is 7.11. The summed E-state index contributed by atoms with van der Waals surface area (Å²) < 4.78 is 18.1. The topological polar surface area (TPSA) is 278 Å². The van der Waals surface area contributed by atoms with Gasteiger partial charge in [-0.15, -0.1) is 0 Å². The molecule has 6 rings (SSSR count). The Kier molecular flexibility index (Phi) is 12.1. The second-order valence-electron chi connectivity index (χ2n) is 16.1. The highest BCUT2D eigenvalue weighted by Crippen LogP contribution is 2.54. The fourth-order valence-electron chi connectivity index (χ4n) is 10.9. The second kappa shape index (κ2) is 15.9. The Balaban J connectivity index is 1.25. The van der Waals surface area contributed by atoms with Crippen molar-refractivity contribution in [2.75, 3.05) is 33.9 Å². The van der Waals surface area contributed by atoms with Gasteiger partial charge in [-0.2, -0.15) is 0 Å². The molecule has 0 bridgehead atoms. The van der Waals surface area contributed by atoms with Crippen LogP contribution in [0.5, 0.6) is 0 Å². The highest BCUT2D eigenvalue weighted by molar-refractivity contribution is 6.01. The molecule has 14 N–H and O–H groups in total. The minimum atomic E-state index is -1.99. The second-order valence-corrected chi connectivity index (χ2v) is 16.1. The van der Waals surface area contributed by atoms with E-state index < -0.39 is 91.3 Å². The van der Waals surface area contributed by atoms with Gasteiger partial charge in [-0.3, -0.25) is 31.4 Å². The molecule has 0 aromatic carbocycles. The lowest BCUT2D eigenvalue weighted by molar-refractivity contribution is -0.699. The zero-order chi connectivity index (χ0) is 36.8. The molecule has 2 saturated heterocycles. The van der Waals surface area contributed by atoms with Crippen molar-refractivity contribution in [1.29, 1.82) is 0 Å². The fourth-order valence-corrected chi connectivity index (χ4v) is 10.9. The summed E-state index contributed by atoms with van der Waals surface area (Å²) in [6.45, 7) is -0.243. The van der Waals surface area contributed by atoms with Crippen LogP contribution < -0.4 is 27.1 Å². The first-order valence-corrected chi connectivity index (χ1v) is 18.9. The molecule has 6 fully saturated rings. The van der Waals surface area contributed by atoms with E-state index in [-0.39, 0.29) is 54.4 Å². The van der Waals surface area contributed by atoms with Gasteiger partial charge in [0.1, 0.15) is 41.6 Å². The first kappa shape index (κ1) is 38.9. The lowest BCUT2D eigenvalue weighted by Gasteiger charge is -2.56. The molecule has 290 valence electrons. The van der Waals surface area contributed by atoms with E-state index in [0.717, 1.165) is 38.6 Å². The van der Waals surface area contributed by atoms with Crippen molar-refractivity contribution in [1.82, 2.24) is 5.32 Å². The van der Waals surface area contributed by atoms with Crippen LogP contribution in [0.4, 0.5) is 0 Å². The first-order valence-electron chi connectivity index (χ1n) is 18.9. The molecule has 0 aromatic heterocycles. The van der Waals surface area contributed by atoms with Crippen molar-refractivity contribution in [3.05, 3.63) is 0 Å². The van der Waals surface area contributed by atoms with E-state index >= 15 is 0 Å². The predicted octanol–water partition coefficient (Wildman–Crippen LogP) is -5.61. The zero-order valence-corrected chi connectivity index (χ0v) is 29.8. The van der Waals surface area contributed by atoms with Crippen LogP contribution in [0.1, 0.15) is 57.8 Å². The molecule has 16 nitrogen and oxygen atoms in total. The number of nitrogens with two attached hydrogens (primary N) is 3. The van der Waals surface area contributed by atoms with Crippen LogP contribution in [0, 0.1) is 47.3 Å². The monoisotopic (exact) mass is 727 g/mol. The van der Waals surface area contributed by atoms with E-state index in [1.165, 1.54) is 7.11 Å². The smallest absolute Gasteiger partial charge is 0.341 e. The highest BCUT2D eigenvalue weighted by atomic mass is 16.7. The Morgan fingerprint density at radius 3 is 2.45 bits per heavy atom. The number of fused-ring (bicyclic) bond motifs is 3. The number of hydrogen-bond donors (Lipinski definition) is 11. The molecule has 51 heavy (non-hydrogen) atoms. The van der Waals surface area contributed by atoms with Gasteiger partial charge >= 0.3 is 5.96 Å². The number of quaternary nitrogens is 1. The average molecular weight is 728 g/mol. The van der Waals surface area contributed by atoms with E-state index in [2.05, 4.69) is 15.6 Å². The minimum absolute atomic E-state index is 0.0125. The number of rotatable bonds is 9. The van der Waals surface area contributed by atoms with Crippen molar-refractivity contribution < 1.29 is 64.7 Å². The van der Waals surface area contributed by atoms with Gasteiger partial charge < -0.3 is 50.2 Å². The van der Waals surface area contributed by atoms with E-state index in [1.54, 1.807) is 7.05 Å². The molecule has 2 heterocycles. The molecular weight excluding hydrogens is 666 g/mol. The molecule has 0 aromatic rings. The van der Waals surface area contributed by atoms with E-state index in [9.17, 15) is 40.2 Å². The molecule has 12 unspecified atom stereocenters. The molecule has 18 atom stereocenters.